The molecule has 0 saturated heterocycles. The monoisotopic (exact) mass is 225 g/mol. The van der Waals surface area contributed by atoms with E-state index in [0.717, 1.165) is 10.4 Å². The van der Waals surface area contributed by atoms with Crippen molar-refractivity contribution in [3.63, 3.8) is 0 Å². The van der Waals surface area contributed by atoms with E-state index in [2.05, 4.69) is 6.07 Å². The summed E-state index contributed by atoms with van der Waals surface area (Å²) in [7, 11) is 0. The Kier molecular flexibility index (Phi) is 4.76. The number of aryl methyl sites for hydroxylation is 2. The third kappa shape index (κ3) is 3.31. The molecule has 1 aromatic rings. The van der Waals surface area contributed by atoms with Crippen LogP contribution in [0.1, 0.15) is 27.8 Å². The molecule has 0 saturated carbocycles. The summed E-state index contributed by atoms with van der Waals surface area (Å²) in [5.74, 6) is 0. The standard InChI is InChI=1S/C11H15NO2S/c1-8-6-10(9(2)15-8)11(7-12)14-5-3-4-13/h6,11,13H,3-5H2,1-2H3. The van der Waals surface area contributed by atoms with E-state index in [1.807, 2.05) is 19.9 Å². The van der Waals surface area contributed by atoms with Gasteiger partial charge in [0, 0.05) is 21.9 Å². The average Bonchev–Trinajstić information content (AvgIpc) is 2.53. The molecule has 3 nitrogen and oxygen atoms in total. The molecular formula is C11H15NO2S. The van der Waals surface area contributed by atoms with Crippen LogP contribution in [0.25, 0.3) is 0 Å². The summed E-state index contributed by atoms with van der Waals surface area (Å²) in [6.07, 6.45) is 0.0712. The molecule has 0 spiro atoms. The largest absolute Gasteiger partial charge is 0.396 e. The molecule has 0 amide bonds. The Bertz CT molecular complexity index is 354. The highest BCUT2D eigenvalue weighted by molar-refractivity contribution is 7.12. The maximum atomic E-state index is 8.98. The molecule has 1 rings (SSSR count). The van der Waals surface area contributed by atoms with E-state index in [9.17, 15) is 0 Å². The Hall–Kier alpha value is -0.890. The molecular weight excluding hydrogens is 210 g/mol. The Labute approximate surface area is 93.9 Å². The molecule has 4 heteroatoms. The number of aliphatic hydroxyl groups excluding tert-OH is 1. The van der Waals surface area contributed by atoms with Crippen molar-refractivity contribution >= 4 is 11.3 Å². The molecule has 1 atom stereocenters. The first kappa shape index (κ1) is 12.2. The van der Waals surface area contributed by atoms with E-state index in [-0.39, 0.29) is 6.61 Å². The van der Waals surface area contributed by atoms with Crippen LogP contribution in [-0.4, -0.2) is 18.3 Å². The first-order valence-corrected chi connectivity index (χ1v) is 5.69. The Morgan fingerprint density at radius 3 is 2.80 bits per heavy atom. The van der Waals surface area contributed by atoms with Crippen LogP contribution in [0.3, 0.4) is 0 Å². The fourth-order valence-corrected chi connectivity index (χ4v) is 2.33. The van der Waals surface area contributed by atoms with Gasteiger partial charge in [0.2, 0.25) is 0 Å². The molecule has 0 fully saturated rings. The highest BCUT2D eigenvalue weighted by Gasteiger charge is 2.15. The Balaban J connectivity index is 2.67. The number of aliphatic hydroxyl groups is 1. The number of ether oxygens (including phenoxy) is 1. The Morgan fingerprint density at radius 1 is 1.60 bits per heavy atom. The van der Waals surface area contributed by atoms with Gasteiger partial charge in [-0.3, -0.25) is 0 Å². The highest BCUT2D eigenvalue weighted by atomic mass is 32.1. The molecule has 0 bridgehead atoms. The van der Waals surface area contributed by atoms with Crippen LogP contribution < -0.4 is 0 Å². The summed E-state index contributed by atoms with van der Waals surface area (Å²) in [6.45, 7) is 4.53. The summed E-state index contributed by atoms with van der Waals surface area (Å²) in [4.78, 5) is 2.32. The van der Waals surface area contributed by atoms with Crippen molar-refractivity contribution in [1.82, 2.24) is 0 Å². The molecule has 1 heterocycles. The highest BCUT2D eigenvalue weighted by Crippen LogP contribution is 2.28. The van der Waals surface area contributed by atoms with Gasteiger partial charge in [-0.2, -0.15) is 5.26 Å². The second-order valence-corrected chi connectivity index (χ2v) is 4.79. The fraction of sp³-hybridized carbons (Fsp3) is 0.545. The number of nitriles is 1. The molecule has 0 radical (unpaired) electrons. The Morgan fingerprint density at radius 2 is 2.33 bits per heavy atom. The van der Waals surface area contributed by atoms with Gasteiger partial charge >= 0.3 is 0 Å². The normalized spacial score (nSPS) is 12.4. The van der Waals surface area contributed by atoms with Crippen molar-refractivity contribution in [3.05, 3.63) is 21.4 Å². The van der Waals surface area contributed by atoms with Gasteiger partial charge in [0.15, 0.2) is 6.10 Å². The van der Waals surface area contributed by atoms with Crippen molar-refractivity contribution in [2.75, 3.05) is 13.2 Å². The van der Waals surface area contributed by atoms with E-state index < -0.39 is 6.10 Å². The van der Waals surface area contributed by atoms with E-state index in [4.69, 9.17) is 15.1 Å². The van der Waals surface area contributed by atoms with Crippen LogP contribution in [0.5, 0.6) is 0 Å². The number of rotatable bonds is 5. The maximum absolute atomic E-state index is 8.98. The summed E-state index contributed by atoms with van der Waals surface area (Å²) in [6, 6.07) is 4.13. The maximum Gasteiger partial charge on any atom is 0.170 e. The number of hydrogen-bond donors (Lipinski definition) is 1. The van der Waals surface area contributed by atoms with Crippen molar-refractivity contribution < 1.29 is 9.84 Å². The smallest absolute Gasteiger partial charge is 0.170 e. The number of thiophene rings is 1. The van der Waals surface area contributed by atoms with Gasteiger partial charge in [0.1, 0.15) is 0 Å². The van der Waals surface area contributed by atoms with Gasteiger partial charge in [0.05, 0.1) is 12.7 Å². The van der Waals surface area contributed by atoms with Crippen LogP contribution in [0.4, 0.5) is 0 Å². The summed E-state index contributed by atoms with van der Waals surface area (Å²) in [5.41, 5.74) is 0.956. The van der Waals surface area contributed by atoms with Crippen LogP contribution >= 0.6 is 11.3 Å². The zero-order chi connectivity index (χ0) is 11.3. The molecule has 82 valence electrons. The van der Waals surface area contributed by atoms with Crippen molar-refractivity contribution in [2.45, 2.75) is 26.4 Å². The average molecular weight is 225 g/mol. The van der Waals surface area contributed by atoms with E-state index in [1.165, 1.54) is 4.88 Å². The third-order valence-electron chi connectivity index (χ3n) is 2.07. The van der Waals surface area contributed by atoms with Gasteiger partial charge in [-0.25, -0.2) is 0 Å². The summed E-state index contributed by atoms with van der Waals surface area (Å²) in [5, 5.41) is 17.6. The molecule has 1 N–H and O–H groups in total. The lowest BCUT2D eigenvalue weighted by Crippen LogP contribution is -2.04. The first-order chi connectivity index (χ1) is 7.19. The lowest BCUT2D eigenvalue weighted by molar-refractivity contribution is 0.0773. The predicted octanol–water partition coefficient (Wildman–Crippen LogP) is 2.33. The molecule has 0 aliphatic rings. The van der Waals surface area contributed by atoms with Crippen LogP contribution in [0, 0.1) is 25.2 Å². The molecule has 1 unspecified atom stereocenters. The van der Waals surface area contributed by atoms with Crippen LogP contribution in [-0.2, 0) is 4.74 Å². The van der Waals surface area contributed by atoms with Crippen molar-refractivity contribution in [2.24, 2.45) is 0 Å². The SMILES string of the molecule is Cc1cc(C(C#N)OCCCO)c(C)s1. The lowest BCUT2D eigenvalue weighted by atomic mass is 10.1. The minimum atomic E-state index is -0.499. The van der Waals surface area contributed by atoms with Gasteiger partial charge in [-0.15, -0.1) is 11.3 Å². The quantitative estimate of drug-likeness (QED) is 0.782. The lowest BCUT2D eigenvalue weighted by Gasteiger charge is -2.09. The third-order valence-corrected chi connectivity index (χ3v) is 3.05. The van der Waals surface area contributed by atoms with E-state index in [1.54, 1.807) is 11.3 Å². The molecule has 0 aliphatic carbocycles. The van der Waals surface area contributed by atoms with Gasteiger partial charge < -0.3 is 9.84 Å². The molecule has 1 aromatic heterocycles. The van der Waals surface area contributed by atoms with Gasteiger partial charge in [0.25, 0.3) is 0 Å². The molecule has 0 aliphatic heterocycles. The van der Waals surface area contributed by atoms with Gasteiger partial charge in [-0.1, -0.05) is 0 Å². The van der Waals surface area contributed by atoms with Gasteiger partial charge in [-0.05, 0) is 26.3 Å². The fourth-order valence-electron chi connectivity index (χ4n) is 1.37. The minimum Gasteiger partial charge on any atom is -0.396 e. The van der Waals surface area contributed by atoms with Crippen LogP contribution in [0.15, 0.2) is 6.07 Å². The van der Waals surface area contributed by atoms with Crippen molar-refractivity contribution in [3.8, 4) is 6.07 Å². The van der Waals surface area contributed by atoms with Crippen molar-refractivity contribution in [1.29, 1.82) is 5.26 Å². The topological polar surface area (TPSA) is 53.2 Å². The molecule has 15 heavy (non-hydrogen) atoms. The minimum absolute atomic E-state index is 0.0970. The molecule has 0 aromatic carbocycles. The van der Waals surface area contributed by atoms with E-state index in [0.29, 0.717) is 13.0 Å². The van der Waals surface area contributed by atoms with Crippen LogP contribution in [0.2, 0.25) is 0 Å². The number of nitrogens with zero attached hydrogens (tertiary/aromatic N) is 1. The summed E-state index contributed by atoms with van der Waals surface area (Å²) >= 11 is 1.67. The van der Waals surface area contributed by atoms with E-state index >= 15 is 0 Å². The second kappa shape index (κ2) is 5.86. The predicted molar refractivity (Wildman–Crippen MR) is 59.8 cm³/mol. The second-order valence-electron chi connectivity index (χ2n) is 3.33. The first-order valence-electron chi connectivity index (χ1n) is 4.88. The summed E-state index contributed by atoms with van der Waals surface area (Å²) < 4.78 is 5.40. The zero-order valence-electron chi connectivity index (χ0n) is 8.99. The zero-order valence-corrected chi connectivity index (χ0v) is 9.80. The number of hydrogen-bond acceptors (Lipinski definition) is 4.